The van der Waals surface area contributed by atoms with Crippen LogP contribution in [-0.2, 0) is 0 Å². The van der Waals surface area contributed by atoms with E-state index in [0.717, 1.165) is 73.6 Å². The normalized spacial score (nSPS) is 12.7. The van der Waals surface area contributed by atoms with Crippen molar-refractivity contribution in [1.29, 1.82) is 0 Å². The Kier molecular flexibility index (Phi) is 10.1. The molecule has 0 amide bonds. The second-order valence-corrected chi connectivity index (χ2v) is 20.6. The van der Waals surface area contributed by atoms with Crippen LogP contribution in [-0.4, -0.2) is 14.8 Å². The Labute approximate surface area is 428 Å². The first kappa shape index (κ1) is 43.0. The van der Waals surface area contributed by atoms with E-state index in [1.165, 1.54) is 80.2 Å². The summed E-state index contributed by atoms with van der Waals surface area (Å²) < 4.78 is 7.46. The van der Waals surface area contributed by atoms with Gasteiger partial charge in [-0.2, -0.15) is 0 Å². The number of hydrogen-bond donors (Lipinski definition) is 0. The highest BCUT2D eigenvalue weighted by Gasteiger charge is 2.25. The average Bonchev–Trinajstić information content (AvgIpc) is 4.03. The average molecular weight is 952 g/mol. The number of aryl methyl sites for hydroxylation is 3. The van der Waals surface area contributed by atoms with Gasteiger partial charge in [-0.25, -0.2) is 0 Å². The summed E-state index contributed by atoms with van der Waals surface area (Å²) in [5, 5.41) is 7.43. The summed E-state index contributed by atoms with van der Waals surface area (Å²) in [6, 6.07) is 82.9. The van der Waals surface area contributed by atoms with Crippen molar-refractivity contribution in [3.8, 4) is 44.8 Å². The number of aliphatic imine (C=N–C) groups is 1. The molecule has 4 heteroatoms. The summed E-state index contributed by atoms with van der Waals surface area (Å²) in [6.45, 7) is 6.70. The standard InChI is InChI=1S/C69H49N3S/c1-43-37-44(2)66(45(3)38-43)49-31-35-63-58(39-49)59-42-51(71-61-28-16-13-25-52(61)53-26-14-17-29-62(53)71)32-36-64(59)72(63)68-56(46-19-7-4-8-20-46)40-50(41-57(68)47-21-9-5-10-22-47)67-69-55(54-27-15-18-30-65(54)73-69)33-34-60(70-67)48-23-11-6-12-24-48/h4-33,35-42H,34H2,1-3H3. The monoisotopic (exact) mass is 951 g/mol. The maximum Gasteiger partial charge on any atom is 0.0884 e. The predicted molar refractivity (Wildman–Crippen MR) is 311 cm³/mol. The first-order valence-corrected chi connectivity index (χ1v) is 26.1. The van der Waals surface area contributed by atoms with E-state index < -0.39 is 0 Å². The van der Waals surface area contributed by atoms with Gasteiger partial charge in [-0.15, -0.1) is 11.3 Å². The third kappa shape index (κ3) is 7.04. The van der Waals surface area contributed by atoms with Crippen molar-refractivity contribution >= 4 is 82.5 Å². The lowest BCUT2D eigenvalue weighted by Gasteiger charge is -2.21. The van der Waals surface area contributed by atoms with E-state index in [0.29, 0.717) is 0 Å². The molecule has 0 radical (unpaired) electrons. The van der Waals surface area contributed by atoms with Crippen LogP contribution in [0, 0.1) is 20.8 Å². The number of fused-ring (bicyclic) bond motifs is 9. The van der Waals surface area contributed by atoms with Crippen LogP contribution in [0.5, 0.6) is 0 Å². The highest BCUT2D eigenvalue weighted by Crippen LogP contribution is 2.45. The summed E-state index contributed by atoms with van der Waals surface area (Å²) in [5.74, 6) is 0. The molecule has 73 heavy (non-hydrogen) atoms. The number of para-hydroxylation sites is 2. The number of hydrogen-bond acceptors (Lipinski definition) is 2. The lowest BCUT2D eigenvalue weighted by molar-refractivity contribution is 1.17. The lowest BCUT2D eigenvalue weighted by atomic mass is 9.91. The van der Waals surface area contributed by atoms with Crippen LogP contribution in [0.25, 0.3) is 110 Å². The van der Waals surface area contributed by atoms with Crippen molar-refractivity contribution in [2.24, 2.45) is 4.99 Å². The Morgan fingerprint density at radius 1 is 0.411 bits per heavy atom. The minimum absolute atomic E-state index is 0.734. The Morgan fingerprint density at radius 3 is 1.56 bits per heavy atom. The second-order valence-electron chi connectivity index (χ2n) is 19.6. The van der Waals surface area contributed by atoms with Crippen molar-refractivity contribution in [3.05, 3.63) is 262 Å². The van der Waals surface area contributed by atoms with E-state index >= 15 is 0 Å². The Balaban J connectivity index is 1.12. The predicted octanol–water partition coefficient (Wildman–Crippen LogP) is 16.9. The molecule has 0 N–H and O–H groups in total. The van der Waals surface area contributed by atoms with E-state index in [1.54, 1.807) is 0 Å². The molecule has 0 atom stereocenters. The number of rotatable bonds is 7. The molecule has 0 fully saturated rings. The van der Waals surface area contributed by atoms with Crippen molar-refractivity contribution in [3.63, 3.8) is 0 Å². The zero-order chi connectivity index (χ0) is 48.7. The van der Waals surface area contributed by atoms with Crippen LogP contribution in [0.15, 0.2) is 229 Å². The van der Waals surface area contributed by atoms with Crippen molar-refractivity contribution in [2.75, 3.05) is 0 Å². The molecule has 1 aliphatic rings. The molecule has 0 aliphatic carbocycles. The van der Waals surface area contributed by atoms with Gasteiger partial charge in [-0.3, -0.25) is 4.99 Å². The van der Waals surface area contributed by atoms with E-state index in [9.17, 15) is 0 Å². The molecule has 0 saturated heterocycles. The summed E-state index contributed by atoms with van der Waals surface area (Å²) in [7, 11) is 0. The Hall–Kier alpha value is -8.83. The fourth-order valence-corrected chi connectivity index (χ4v) is 13.2. The summed E-state index contributed by atoms with van der Waals surface area (Å²) >= 11 is 1.84. The van der Waals surface area contributed by atoms with Gasteiger partial charge in [0.05, 0.1) is 43.7 Å². The molecule has 13 aromatic rings. The van der Waals surface area contributed by atoms with Crippen molar-refractivity contribution in [2.45, 2.75) is 27.2 Å². The maximum absolute atomic E-state index is 5.75. The van der Waals surface area contributed by atoms with E-state index in [1.807, 2.05) is 11.3 Å². The van der Waals surface area contributed by atoms with Crippen LogP contribution < -0.4 is 9.75 Å². The fraction of sp³-hybridized carbons (Fsp3) is 0.0580. The Morgan fingerprint density at radius 2 is 0.932 bits per heavy atom. The van der Waals surface area contributed by atoms with Gasteiger partial charge in [-0.05, 0) is 126 Å². The van der Waals surface area contributed by atoms with Gasteiger partial charge in [0, 0.05) is 60.4 Å². The summed E-state index contributed by atoms with van der Waals surface area (Å²) in [4.78, 5) is 5.75. The van der Waals surface area contributed by atoms with Crippen LogP contribution in [0.1, 0.15) is 34.2 Å². The van der Waals surface area contributed by atoms with Gasteiger partial charge in [-0.1, -0.05) is 175 Å². The topological polar surface area (TPSA) is 22.2 Å². The maximum atomic E-state index is 5.75. The molecule has 0 saturated carbocycles. The molecule has 14 rings (SSSR count). The van der Waals surface area contributed by atoms with Crippen LogP contribution in [0.3, 0.4) is 0 Å². The highest BCUT2D eigenvalue weighted by atomic mass is 32.1. The van der Waals surface area contributed by atoms with Gasteiger partial charge in [0.1, 0.15) is 0 Å². The molecule has 1 aliphatic heterocycles. The van der Waals surface area contributed by atoms with Crippen LogP contribution >= 0.6 is 11.3 Å². The SMILES string of the molecule is Cc1cc(C)c(-c2ccc3c(c2)c2cc(-n4c5ccccc5c5ccccc54)ccc2n3-c2c(-c3ccccc3)cc(C3=c4sc5ccccc5c4=CCC(c4ccccc4)=N3)cc2-c2ccccc2)c(C)c1. The minimum atomic E-state index is 0.734. The fourth-order valence-electron chi connectivity index (χ4n) is 12.0. The molecule has 0 unspecified atom stereocenters. The smallest absolute Gasteiger partial charge is 0.0884 e. The molecule has 3 aromatic heterocycles. The van der Waals surface area contributed by atoms with E-state index in [2.05, 4.69) is 260 Å². The molecule has 10 aromatic carbocycles. The first-order valence-electron chi connectivity index (χ1n) is 25.2. The van der Waals surface area contributed by atoms with Gasteiger partial charge in [0.25, 0.3) is 0 Å². The minimum Gasteiger partial charge on any atom is -0.309 e. The molecule has 4 heterocycles. The van der Waals surface area contributed by atoms with Gasteiger partial charge >= 0.3 is 0 Å². The van der Waals surface area contributed by atoms with E-state index in [-0.39, 0.29) is 0 Å². The zero-order valence-corrected chi connectivity index (χ0v) is 41.7. The second kappa shape index (κ2) is 17.2. The highest BCUT2D eigenvalue weighted by molar-refractivity contribution is 7.17. The Bertz CT molecular complexity index is 4390. The number of thiophene rings is 1. The van der Waals surface area contributed by atoms with Crippen molar-refractivity contribution in [1.82, 2.24) is 9.13 Å². The van der Waals surface area contributed by atoms with Crippen LogP contribution in [0.4, 0.5) is 0 Å². The molecular formula is C69H49N3S. The zero-order valence-electron chi connectivity index (χ0n) is 40.9. The summed E-state index contributed by atoms with van der Waals surface area (Å²) in [5.41, 5.74) is 22.1. The molecule has 3 nitrogen and oxygen atoms in total. The quantitative estimate of drug-likeness (QED) is 0.152. The molecule has 0 bridgehead atoms. The van der Waals surface area contributed by atoms with Crippen LogP contribution in [0.2, 0.25) is 0 Å². The van der Waals surface area contributed by atoms with Gasteiger partial charge in [0.15, 0.2) is 0 Å². The van der Waals surface area contributed by atoms with Crippen molar-refractivity contribution < 1.29 is 0 Å². The summed E-state index contributed by atoms with van der Waals surface area (Å²) in [6.07, 6.45) is 3.13. The van der Waals surface area contributed by atoms with E-state index in [4.69, 9.17) is 4.99 Å². The number of aromatic nitrogens is 2. The number of nitrogens with zero attached hydrogens (tertiary/aromatic N) is 3. The largest absolute Gasteiger partial charge is 0.309 e. The molecular weight excluding hydrogens is 903 g/mol. The van der Waals surface area contributed by atoms with Gasteiger partial charge in [0.2, 0.25) is 0 Å². The third-order valence-electron chi connectivity index (χ3n) is 15.0. The van der Waals surface area contributed by atoms with Gasteiger partial charge < -0.3 is 9.13 Å². The molecule has 0 spiro atoms. The first-order chi connectivity index (χ1) is 35.9. The molecule has 346 valence electrons. The number of benzene rings is 10. The third-order valence-corrected chi connectivity index (χ3v) is 16.2. The lowest BCUT2D eigenvalue weighted by Crippen LogP contribution is -2.21.